The first kappa shape index (κ1) is 14.5. The molecule has 0 radical (unpaired) electrons. The summed E-state index contributed by atoms with van der Waals surface area (Å²) in [6, 6.07) is 7.75. The Balaban J connectivity index is 2.29. The van der Waals surface area contributed by atoms with Crippen LogP contribution in [0, 0.1) is 17.1 Å². The van der Waals surface area contributed by atoms with Crippen molar-refractivity contribution in [3.05, 3.63) is 51.9 Å². The van der Waals surface area contributed by atoms with Gasteiger partial charge in [0.15, 0.2) is 5.82 Å². The summed E-state index contributed by atoms with van der Waals surface area (Å²) in [6.45, 7) is 0. The minimum atomic E-state index is -1.07. The molecule has 0 saturated carbocycles. The first-order chi connectivity index (χ1) is 9.52. The minimum Gasteiger partial charge on any atom is -0.478 e. The fraction of sp³-hybridized carbons (Fsp3) is 0. The van der Waals surface area contributed by atoms with E-state index in [0.717, 1.165) is 11.8 Å². The number of benzene rings is 1. The van der Waals surface area contributed by atoms with Crippen LogP contribution in [0.15, 0.2) is 44.9 Å². The Morgan fingerprint density at radius 1 is 1.40 bits per heavy atom. The number of hydrogen-bond donors (Lipinski definition) is 1. The molecule has 1 heterocycles. The molecule has 20 heavy (non-hydrogen) atoms. The average molecular weight is 353 g/mol. The maximum absolute atomic E-state index is 14.0. The first-order valence-electron chi connectivity index (χ1n) is 5.28. The molecule has 0 bridgehead atoms. The summed E-state index contributed by atoms with van der Waals surface area (Å²) in [6.07, 6.45) is 1.21. The lowest BCUT2D eigenvalue weighted by Crippen LogP contribution is -1.96. The van der Waals surface area contributed by atoms with E-state index in [2.05, 4.69) is 20.9 Å². The zero-order valence-electron chi connectivity index (χ0n) is 9.80. The first-order valence-corrected chi connectivity index (χ1v) is 6.89. The van der Waals surface area contributed by atoms with Gasteiger partial charge in [0.2, 0.25) is 0 Å². The largest absolute Gasteiger partial charge is 0.478 e. The molecule has 0 aliphatic heterocycles. The van der Waals surface area contributed by atoms with Gasteiger partial charge in [-0.25, -0.2) is 14.2 Å². The topological polar surface area (TPSA) is 74.0 Å². The number of nitrogens with zero attached hydrogens (tertiary/aromatic N) is 2. The molecule has 4 nitrogen and oxygen atoms in total. The van der Waals surface area contributed by atoms with Gasteiger partial charge in [-0.2, -0.15) is 5.26 Å². The van der Waals surface area contributed by atoms with Gasteiger partial charge in [0.1, 0.15) is 11.1 Å². The van der Waals surface area contributed by atoms with Gasteiger partial charge in [-0.1, -0.05) is 11.8 Å². The lowest BCUT2D eigenvalue weighted by atomic mass is 10.2. The van der Waals surface area contributed by atoms with E-state index >= 15 is 0 Å². The molecule has 0 aliphatic rings. The molecule has 100 valence electrons. The number of carboxylic acids is 1. The Morgan fingerprint density at radius 2 is 2.15 bits per heavy atom. The highest BCUT2D eigenvalue weighted by Gasteiger charge is 2.13. The van der Waals surface area contributed by atoms with Crippen molar-refractivity contribution in [2.75, 3.05) is 0 Å². The van der Waals surface area contributed by atoms with Crippen LogP contribution in [0.3, 0.4) is 0 Å². The van der Waals surface area contributed by atoms with E-state index in [1.54, 1.807) is 0 Å². The molecule has 2 aromatic rings. The molecule has 0 fully saturated rings. The van der Waals surface area contributed by atoms with Crippen LogP contribution in [-0.4, -0.2) is 16.1 Å². The second-order valence-corrected chi connectivity index (χ2v) is 5.50. The normalized spacial score (nSPS) is 10.1. The van der Waals surface area contributed by atoms with Crippen molar-refractivity contribution in [2.45, 2.75) is 9.92 Å². The molecule has 0 saturated heterocycles. The summed E-state index contributed by atoms with van der Waals surface area (Å²) < 4.78 is 14.1. The zero-order chi connectivity index (χ0) is 14.7. The Hall–Kier alpha value is -1.91. The van der Waals surface area contributed by atoms with Crippen LogP contribution < -0.4 is 0 Å². The molecule has 0 aliphatic carbocycles. The van der Waals surface area contributed by atoms with E-state index in [1.807, 2.05) is 6.07 Å². The number of carbonyl (C=O) groups is 1. The third-order valence-electron chi connectivity index (χ3n) is 2.37. The molecule has 0 spiro atoms. The summed E-state index contributed by atoms with van der Waals surface area (Å²) in [7, 11) is 0. The second kappa shape index (κ2) is 6.03. The molecule has 0 unspecified atom stereocenters. The highest BCUT2D eigenvalue weighted by Crippen LogP contribution is 2.33. The molecule has 0 amide bonds. The van der Waals surface area contributed by atoms with Crippen LogP contribution in [0.2, 0.25) is 0 Å². The van der Waals surface area contributed by atoms with Gasteiger partial charge in [0.05, 0.1) is 20.5 Å². The van der Waals surface area contributed by atoms with Gasteiger partial charge in [-0.3, -0.25) is 0 Å². The van der Waals surface area contributed by atoms with E-state index in [9.17, 15) is 9.18 Å². The maximum atomic E-state index is 14.0. The van der Waals surface area contributed by atoms with E-state index < -0.39 is 11.8 Å². The van der Waals surface area contributed by atoms with Crippen LogP contribution >= 0.6 is 27.7 Å². The number of aromatic nitrogens is 1. The number of hydrogen-bond acceptors (Lipinski definition) is 4. The summed E-state index contributed by atoms with van der Waals surface area (Å²) in [4.78, 5) is 14.9. The van der Waals surface area contributed by atoms with Crippen LogP contribution in [0.5, 0.6) is 0 Å². The van der Waals surface area contributed by atoms with Crippen molar-refractivity contribution < 1.29 is 14.3 Å². The van der Waals surface area contributed by atoms with Crippen molar-refractivity contribution in [1.82, 2.24) is 4.98 Å². The predicted molar refractivity (Wildman–Crippen MR) is 74.1 cm³/mol. The summed E-state index contributed by atoms with van der Waals surface area (Å²) in [5, 5.41) is 18.0. The molecular formula is C13H6BrFN2O2S. The number of halogens is 2. The Morgan fingerprint density at radius 3 is 2.70 bits per heavy atom. The van der Waals surface area contributed by atoms with Gasteiger partial charge in [-0.05, 0) is 40.2 Å². The number of nitriles is 1. The number of pyridine rings is 1. The Kier molecular flexibility index (Phi) is 4.37. The quantitative estimate of drug-likeness (QED) is 0.911. The van der Waals surface area contributed by atoms with Crippen molar-refractivity contribution >= 4 is 33.7 Å². The second-order valence-electron chi connectivity index (χ2n) is 3.64. The SMILES string of the molecule is N#Cc1ccc(Sc2ccc(C(=O)O)cn2)c(F)c1Br. The molecule has 7 heteroatoms. The highest BCUT2D eigenvalue weighted by atomic mass is 79.9. The van der Waals surface area contributed by atoms with E-state index in [0.29, 0.717) is 9.92 Å². The monoisotopic (exact) mass is 352 g/mol. The van der Waals surface area contributed by atoms with Crippen molar-refractivity contribution in [3.63, 3.8) is 0 Å². The van der Waals surface area contributed by atoms with Crippen molar-refractivity contribution in [1.29, 1.82) is 5.26 Å². The van der Waals surface area contributed by atoms with E-state index in [4.69, 9.17) is 10.4 Å². The molecular weight excluding hydrogens is 347 g/mol. The molecule has 1 N–H and O–H groups in total. The highest BCUT2D eigenvalue weighted by molar-refractivity contribution is 9.10. The summed E-state index contributed by atoms with van der Waals surface area (Å²) in [5.41, 5.74) is 0.275. The molecule has 2 rings (SSSR count). The Labute approximate surface area is 126 Å². The van der Waals surface area contributed by atoms with E-state index in [1.165, 1.54) is 30.5 Å². The average Bonchev–Trinajstić information content (AvgIpc) is 2.45. The summed E-state index contributed by atoms with van der Waals surface area (Å²) in [5.74, 6) is -1.61. The van der Waals surface area contributed by atoms with Gasteiger partial charge in [-0.15, -0.1) is 0 Å². The van der Waals surface area contributed by atoms with E-state index in [-0.39, 0.29) is 15.6 Å². The van der Waals surface area contributed by atoms with Gasteiger partial charge >= 0.3 is 5.97 Å². The van der Waals surface area contributed by atoms with Crippen LogP contribution in [0.25, 0.3) is 0 Å². The van der Waals surface area contributed by atoms with Gasteiger partial charge in [0, 0.05) is 6.20 Å². The molecule has 1 aromatic carbocycles. The standard InChI is InChI=1S/C13H6BrFN2O2S/c14-11-7(5-16)1-3-9(12(11)15)20-10-4-2-8(6-17-10)13(18)19/h1-4,6H,(H,18,19). The Bertz CT molecular complexity index is 714. The maximum Gasteiger partial charge on any atom is 0.337 e. The lowest BCUT2D eigenvalue weighted by Gasteiger charge is -2.05. The van der Waals surface area contributed by atoms with Crippen LogP contribution in [0.4, 0.5) is 4.39 Å². The third-order valence-corrected chi connectivity index (χ3v) is 4.13. The molecule has 0 atom stereocenters. The minimum absolute atomic E-state index is 0.0656. The van der Waals surface area contributed by atoms with Crippen LogP contribution in [0.1, 0.15) is 15.9 Å². The van der Waals surface area contributed by atoms with Crippen molar-refractivity contribution in [3.8, 4) is 6.07 Å². The predicted octanol–water partition coefficient (Wildman–Crippen LogP) is 3.70. The zero-order valence-corrected chi connectivity index (χ0v) is 12.2. The van der Waals surface area contributed by atoms with Crippen LogP contribution in [-0.2, 0) is 0 Å². The van der Waals surface area contributed by atoms with Gasteiger partial charge in [0.25, 0.3) is 0 Å². The number of carboxylic acid groups (broad SMARTS) is 1. The number of aromatic carboxylic acids is 1. The fourth-order valence-electron chi connectivity index (χ4n) is 1.38. The van der Waals surface area contributed by atoms with Crippen molar-refractivity contribution in [2.24, 2.45) is 0 Å². The summed E-state index contributed by atoms with van der Waals surface area (Å²) >= 11 is 4.08. The molecule has 1 aromatic heterocycles. The van der Waals surface area contributed by atoms with Gasteiger partial charge < -0.3 is 5.11 Å². The third kappa shape index (κ3) is 2.98. The fourth-order valence-corrected chi connectivity index (χ4v) is 2.74. The lowest BCUT2D eigenvalue weighted by molar-refractivity contribution is 0.0696. The number of rotatable bonds is 3. The smallest absolute Gasteiger partial charge is 0.337 e.